The number of hydrogen-bond donors (Lipinski definition) is 6. The molecule has 0 saturated heterocycles. The van der Waals surface area contributed by atoms with E-state index in [9.17, 15) is 49.2 Å². The summed E-state index contributed by atoms with van der Waals surface area (Å²) in [5.41, 5.74) is 3.71. The molecule has 0 radical (unpaired) electrons. The highest BCUT2D eigenvalue weighted by atomic mass is 35.5. The third-order valence-electron chi connectivity index (χ3n) is 9.65. The standard InChI is InChI=1S/2C20H12Cl2O5.C6H6O4/c2*21-13-5-11-17(7-15(13)23)27-18-8-16(24)14(22)6-12(18)19(11)9-3-1-2-4-10(9)20(25)26;7-5(8)3-1-2-4-6(9)10/h2*1-5,7-8,14,24H,6H2,(H,25,26);1-4H,(H,7,8)(H,9,10)/b;;3-1-,4-2-. The summed E-state index contributed by atoms with van der Waals surface area (Å²) in [6, 6.07) is 18.5. The minimum absolute atomic E-state index is 0.00308. The van der Waals surface area contributed by atoms with Gasteiger partial charge in [-0.05, 0) is 35.4 Å². The van der Waals surface area contributed by atoms with Crippen LogP contribution in [0.15, 0.2) is 127 Å². The van der Waals surface area contributed by atoms with Crippen molar-refractivity contribution < 1.29 is 58.7 Å². The van der Waals surface area contributed by atoms with Crippen molar-refractivity contribution in [2.45, 2.75) is 23.6 Å². The summed E-state index contributed by atoms with van der Waals surface area (Å²) in [5, 5.41) is 53.9. The number of aliphatic hydroxyl groups excluding tert-OH is 2. The lowest BCUT2D eigenvalue weighted by molar-refractivity contribution is -0.132. The number of aliphatic hydroxyl groups is 2. The van der Waals surface area contributed by atoms with E-state index >= 15 is 0 Å². The number of benzene rings is 4. The van der Waals surface area contributed by atoms with E-state index in [1.807, 2.05) is 0 Å². The zero-order chi connectivity index (χ0) is 46.6. The van der Waals surface area contributed by atoms with Gasteiger partial charge < -0.3 is 39.5 Å². The van der Waals surface area contributed by atoms with Gasteiger partial charge in [-0.25, -0.2) is 19.2 Å². The molecule has 18 heteroatoms. The highest BCUT2D eigenvalue weighted by Crippen LogP contribution is 2.45. The van der Waals surface area contributed by atoms with Crippen molar-refractivity contribution >= 4 is 82.4 Å². The maximum Gasteiger partial charge on any atom is 0.336 e. The van der Waals surface area contributed by atoms with Crippen LogP contribution < -0.4 is 10.9 Å². The molecule has 0 amide bonds. The fourth-order valence-electron chi connectivity index (χ4n) is 6.88. The Hall–Kier alpha value is -7.10. The number of rotatable bonds is 7. The Bertz CT molecular complexity index is 2840. The molecule has 0 aromatic heterocycles. The highest BCUT2D eigenvalue weighted by Gasteiger charge is 2.31. The summed E-state index contributed by atoms with van der Waals surface area (Å²) < 4.78 is 11.6. The van der Waals surface area contributed by atoms with Crippen LogP contribution in [0.2, 0.25) is 10.0 Å². The third kappa shape index (κ3) is 10.1. The molecule has 4 aliphatic carbocycles. The molecule has 2 atom stereocenters. The molecule has 0 bridgehead atoms. The predicted octanol–water partition coefficient (Wildman–Crippen LogP) is 9.92. The van der Waals surface area contributed by atoms with Crippen molar-refractivity contribution in [2.24, 2.45) is 0 Å². The van der Waals surface area contributed by atoms with Crippen LogP contribution >= 0.6 is 46.4 Å². The van der Waals surface area contributed by atoms with Crippen molar-refractivity contribution in [3.8, 4) is 44.9 Å². The Kier molecular flexibility index (Phi) is 14.2. The number of aliphatic carboxylic acids is 2. The second-order valence-corrected chi connectivity index (χ2v) is 15.6. The largest absolute Gasteiger partial charge is 0.511 e. The number of hydrogen-bond acceptors (Lipinski definition) is 10. The van der Waals surface area contributed by atoms with Crippen LogP contribution in [0.3, 0.4) is 0 Å². The lowest BCUT2D eigenvalue weighted by Crippen LogP contribution is -2.16. The van der Waals surface area contributed by atoms with Gasteiger partial charge >= 0.3 is 23.9 Å². The maximum atomic E-state index is 12.0. The molecule has 2 unspecified atom stereocenters. The number of aromatic carboxylic acids is 2. The van der Waals surface area contributed by atoms with Gasteiger partial charge in [-0.15, -0.1) is 23.2 Å². The van der Waals surface area contributed by atoms with Gasteiger partial charge in [-0.3, -0.25) is 9.59 Å². The molecular formula is C46H30Cl4O14. The van der Waals surface area contributed by atoms with E-state index in [4.69, 9.17) is 65.5 Å². The number of halogens is 4. The van der Waals surface area contributed by atoms with Crippen LogP contribution in [0.25, 0.3) is 57.1 Å². The summed E-state index contributed by atoms with van der Waals surface area (Å²) in [6.07, 6.45) is 7.22. The molecular weight excluding hydrogens is 918 g/mol. The Balaban J connectivity index is 0.000000176. The van der Waals surface area contributed by atoms with Crippen LogP contribution in [-0.4, -0.2) is 65.3 Å². The monoisotopic (exact) mass is 946 g/mol. The first-order valence-corrected chi connectivity index (χ1v) is 20.1. The zero-order valence-electron chi connectivity index (χ0n) is 32.4. The van der Waals surface area contributed by atoms with Crippen LogP contribution in [0.4, 0.5) is 0 Å². The van der Waals surface area contributed by atoms with E-state index in [2.05, 4.69) is 0 Å². The number of allylic oxidation sites excluding steroid dienone is 4. The average molecular weight is 949 g/mol. The van der Waals surface area contributed by atoms with Crippen molar-refractivity contribution in [1.29, 1.82) is 0 Å². The molecule has 14 nitrogen and oxygen atoms in total. The van der Waals surface area contributed by atoms with E-state index in [1.165, 1.54) is 48.6 Å². The lowest BCUT2D eigenvalue weighted by atomic mass is 9.86. The maximum absolute atomic E-state index is 12.0. The Morgan fingerprint density at radius 1 is 0.562 bits per heavy atom. The molecule has 2 heterocycles. The summed E-state index contributed by atoms with van der Waals surface area (Å²) in [4.78, 5) is 67.0. The number of alkyl halides is 2. The fraction of sp³-hybridized carbons (Fsp3) is 0.0870. The fourth-order valence-corrected chi connectivity index (χ4v) is 7.64. The summed E-state index contributed by atoms with van der Waals surface area (Å²) >= 11 is 24.5. The molecule has 2 aliphatic heterocycles. The molecule has 2 aromatic rings. The van der Waals surface area contributed by atoms with Gasteiger partial charge in [0.25, 0.3) is 0 Å². The molecule has 326 valence electrons. The minimum Gasteiger partial charge on any atom is -0.511 e. The molecule has 0 fully saturated rings. The van der Waals surface area contributed by atoms with E-state index in [1.54, 1.807) is 36.4 Å². The van der Waals surface area contributed by atoms with Crippen molar-refractivity contribution in [3.63, 3.8) is 0 Å². The van der Waals surface area contributed by atoms with E-state index in [0.717, 1.165) is 24.3 Å². The van der Waals surface area contributed by atoms with Gasteiger partial charge in [0.1, 0.15) is 34.6 Å². The normalized spacial score (nSPS) is 15.2. The highest BCUT2D eigenvalue weighted by molar-refractivity contribution is 6.31. The molecule has 0 saturated carbocycles. The van der Waals surface area contributed by atoms with Crippen molar-refractivity contribution in [3.05, 3.63) is 173 Å². The zero-order valence-corrected chi connectivity index (χ0v) is 35.4. The average Bonchev–Trinajstić information content (AvgIpc) is 3.23. The van der Waals surface area contributed by atoms with E-state index in [-0.39, 0.29) is 57.1 Å². The van der Waals surface area contributed by atoms with Crippen molar-refractivity contribution in [2.75, 3.05) is 0 Å². The van der Waals surface area contributed by atoms with Crippen LogP contribution in [0.5, 0.6) is 0 Å². The Labute approximate surface area is 380 Å². The number of carbonyl (C=O) groups is 4. The van der Waals surface area contributed by atoms with E-state index in [0.29, 0.717) is 56.0 Å². The van der Waals surface area contributed by atoms with E-state index < -0.39 is 45.5 Å². The number of carboxylic acid groups (broad SMARTS) is 4. The lowest BCUT2D eigenvalue weighted by Gasteiger charge is -2.24. The summed E-state index contributed by atoms with van der Waals surface area (Å²) in [5.74, 6) is -3.34. The topological polar surface area (TPSA) is 250 Å². The van der Waals surface area contributed by atoms with Gasteiger partial charge in [0, 0.05) is 82.7 Å². The van der Waals surface area contributed by atoms with Crippen LogP contribution in [0.1, 0.15) is 43.4 Å². The van der Waals surface area contributed by atoms with Gasteiger partial charge in [0.15, 0.2) is 0 Å². The first-order valence-electron chi connectivity index (χ1n) is 18.5. The summed E-state index contributed by atoms with van der Waals surface area (Å²) in [6.45, 7) is 0. The molecule has 64 heavy (non-hydrogen) atoms. The first kappa shape index (κ1) is 46.4. The second-order valence-electron chi connectivity index (χ2n) is 13.8. The smallest absolute Gasteiger partial charge is 0.336 e. The first-order chi connectivity index (χ1) is 30.4. The molecule has 0 spiro atoms. The van der Waals surface area contributed by atoms with Gasteiger partial charge in [0.05, 0.1) is 31.9 Å². The second kappa shape index (κ2) is 19.5. The molecule has 8 rings (SSSR count). The van der Waals surface area contributed by atoms with Gasteiger partial charge in [0.2, 0.25) is 10.9 Å². The Morgan fingerprint density at radius 2 is 0.922 bits per heavy atom. The molecule has 6 aliphatic rings. The Morgan fingerprint density at radius 3 is 1.27 bits per heavy atom. The molecule has 2 aromatic carbocycles. The van der Waals surface area contributed by atoms with Gasteiger partial charge in [-0.2, -0.15) is 0 Å². The summed E-state index contributed by atoms with van der Waals surface area (Å²) in [7, 11) is 0. The van der Waals surface area contributed by atoms with Gasteiger partial charge in [-0.1, -0.05) is 71.8 Å². The number of fused-ring (bicyclic) bond motifs is 4. The molecule has 6 N–H and O–H groups in total. The predicted molar refractivity (Wildman–Crippen MR) is 239 cm³/mol. The van der Waals surface area contributed by atoms with Crippen LogP contribution in [0, 0.1) is 0 Å². The third-order valence-corrected chi connectivity index (χ3v) is 11.0. The van der Waals surface area contributed by atoms with Crippen molar-refractivity contribution in [1.82, 2.24) is 0 Å². The van der Waals surface area contributed by atoms with Crippen LogP contribution in [-0.2, 0) is 22.4 Å². The quantitative estimate of drug-likeness (QED) is 0.0495. The minimum atomic E-state index is -1.10. The number of carboxylic acids is 4. The SMILES string of the molecule is O=C(O)/C=C\C=C/C(=O)O.O=C(O)c1ccccc1-c1c2cc(Cl)c(=O)cc-2oc2c1CC(Cl)C(O)=C2.O=C(O)c1ccccc1-c1c2cc(Cl)c(=O)cc-2oc2c1CC(Cl)C(O)=C2.